The van der Waals surface area contributed by atoms with E-state index in [1.807, 2.05) is 4.90 Å². The van der Waals surface area contributed by atoms with Gasteiger partial charge in [-0.05, 0) is 31.7 Å². The van der Waals surface area contributed by atoms with E-state index in [0.717, 1.165) is 12.8 Å². The van der Waals surface area contributed by atoms with Gasteiger partial charge in [-0.2, -0.15) is 0 Å². The molecule has 1 aliphatic heterocycles. The predicted molar refractivity (Wildman–Crippen MR) is 97.5 cm³/mol. The Kier molecular flexibility index (Phi) is 4.78. The predicted octanol–water partition coefficient (Wildman–Crippen LogP) is 1.35. The van der Waals surface area contributed by atoms with Crippen molar-refractivity contribution < 1.29 is 9.59 Å². The second-order valence-corrected chi connectivity index (χ2v) is 7.72. The average molecular weight is 357 g/mol. The van der Waals surface area contributed by atoms with Gasteiger partial charge in [-0.1, -0.05) is 19.3 Å². The average Bonchev–Trinajstić information content (AvgIpc) is 3.51. The molecule has 1 saturated heterocycles. The van der Waals surface area contributed by atoms with Crippen molar-refractivity contribution in [3.63, 3.8) is 0 Å². The first-order valence-electron chi connectivity index (χ1n) is 9.81. The highest BCUT2D eigenvalue weighted by Crippen LogP contribution is 2.48. The highest BCUT2D eigenvalue weighted by atomic mass is 16.2. The summed E-state index contributed by atoms with van der Waals surface area (Å²) in [7, 11) is 0. The van der Waals surface area contributed by atoms with Crippen molar-refractivity contribution in [2.24, 2.45) is 5.41 Å². The number of hydrogen-bond donors (Lipinski definition) is 1. The molecular formula is C19H27N5O2. The molecule has 4 rings (SSSR count). The molecule has 0 spiro atoms. The number of piperazine rings is 1. The maximum Gasteiger partial charge on any atom is 0.238 e. The normalized spacial score (nSPS) is 22.8. The third kappa shape index (κ3) is 3.39. The van der Waals surface area contributed by atoms with Crippen LogP contribution < -0.4 is 10.2 Å². The van der Waals surface area contributed by atoms with Gasteiger partial charge in [-0.25, -0.2) is 9.97 Å². The topological polar surface area (TPSA) is 78.4 Å². The van der Waals surface area contributed by atoms with Gasteiger partial charge in [0.25, 0.3) is 0 Å². The van der Waals surface area contributed by atoms with E-state index >= 15 is 0 Å². The summed E-state index contributed by atoms with van der Waals surface area (Å²) in [6.07, 6.45) is 10.5. The van der Waals surface area contributed by atoms with E-state index in [1.165, 1.54) is 19.3 Å². The SMILES string of the molecule is O=C(NC1CCCCC1)C1(C(=O)N2CCN(c3ncccn3)CC2)CC1. The third-order valence-corrected chi connectivity index (χ3v) is 5.94. The number of carbonyl (C=O) groups excluding carboxylic acids is 2. The molecule has 2 heterocycles. The largest absolute Gasteiger partial charge is 0.352 e. The van der Waals surface area contributed by atoms with Crippen LogP contribution in [-0.4, -0.2) is 58.9 Å². The second kappa shape index (κ2) is 7.21. The van der Waals surface area contributed by atoms with Crippen LogP contribution in [0.3, 0.4) is 0 Å². The third-order valence-electron chi connectivity index (χ3n) is 5.94. The highest BCUT2D eigenvalue weighted by molar-refractivity contribution is 6.08. The molecule has 0 radical (unpaired) electrons. The number of amides is 2. The first kappa shape index (κ1) is 17.2. The molecule has 0 bridgehead atoms. The summed E-state index contributed by atoms with van der Waals surface area (Å²) in [6, 6.07) is 2.05. The minimum Gasteiger partial charge on any atom is -0.352 e. The summed E-state index contributed by atoms with van der Waals surface area (Å²) < 4.78 is 0. The number of rotatable bonds is 4. The number of hydrogen-bond acceptors (Lipinski definition) is 5. The summed E-state index contributed by atoms with van der Waals surface area (Å²) in [4.78, 5) is 38.3. The molecular weight excluding hydrogens is 330 g/mol. The van der Waals surface area contributed by atoms with Gasteiger partial charge in [-0.15, -0.1) is 0 Å². The number of aromatic nitrogens is 2. The Morgan fingerprint density at radius 2 is 1.65 bits per heavy atom. The molecule has 3 aliphatic rings. The summed E-state index contributed by atoms with van der Waals surface area (Å²) in [5, 5.41) is 3.16. The molecule has 26 heavy (non-hydrogen) atoms. The van der Waals surface area contributed by atoms with Crippen molar-refractivity contribution in [3.05, 3.63) is 18.5 Å². The van der Waals surface area contributed by atoms with Crippen LogP contribution in [-0.2, 0) is 9.59 Å². The van der Waals surface area contributed by atoms with Crippen LogP contribution in [0.4, 0.5) is 5.95 Å². The summed E-state index contributed by atoms with van der Waals surface area (Å²) in [6.45, 7) is 2.65. The Hall–Kier alpha value is -2.18. The maximum atomic E-state index is 13.0. The van der Waals surface area contributed by atoms with E-state index in [-0.39, 0.29) is 17.9 Å². The van der Waals surface area contributed by atoms with Crippen LogP contribution in [0.5, 0.6) is 0 Å². The van der Waals surface area contributed by atoms with Crippen molar-refractivity contribution in [1.82, 2.24) is 20.2 Å². The fraction of sp³-hybridized carbons (Fsp3) is 0.684. The fourth-order valence-electron chi connectivity index (χ4n) is 4.10. The van der Waals surface area contributed by atoms with Crippen LogP contribution in [0.25, 0.3) is 0 Å². The number of anilines is 1. The molecule has 2 aliphatic carbocycles. The smallest absolute Gasteiger partial charge is 0.238 e. The minimum atomic E-state index is -0.789. The summed E-state index contributed by atoms with van der Waals surface area (Å²) in [5.41, 5.74) is -0.789. The molecule has 0 unspecified atom stereocenters. The Labute approximate surface area is 154 Å². The van der Waals surface area contributed by atoms with E-state index in [0.29, 0.717) is 45.0 Å². The lowest BCUT2D eigenvalue weighted by Gasteiger charge is -2.36. The van der Waals surface area contributed by atoms with Crippen LogP contribution in [0.15, 0.2) is 18.5 Å². The van der Waals surface area contributed by atoms with Gasteiger partial charge in [0.15, 0.2) is 0 Å². The van der Waals surface area contributed by atoms with Crippen molar-refractivity contribution >= 4 is 17.8 Å². The lowest BCUT2D eigenvalue weighted by Crippen LogP contribution is -2.54. The first-order chi connectivity index (χ1) is 12.7. The number of carbonyl (C=O) groups is 2. The van der Waals surface area contributed by atoms with E-state index in [9.17, 15) is 9.59 Å². The van der Waals surface area contributed by atoms with Crippen molar-refractivity contribution in [3.8, 4) is 0 Å². The Morgan fingerprint density at radius 3 is 2.27 bits per heavy atom. The number of nitrogens with one attached hydrogen (secondary N) is 1. The molecule has 7 heteroatoms. The minimum absolute atomic E-state index is 0.0134. The van der Waals surface area contributed by atoms with E-state index in [2.05, 4.69) is 20.2 Å². The van der Waals surface area contributed by atoms with Crippen molar-refractivity contribution in [2.75, 3.05) is 31.1 Å². The zero-order valence-corrected chi connectivity index (χ0v) is 15.2. The maximum absolute atomic E-state index is 13.0. The molecule has 0 atom stereocenters. The van der Waals surface area contributed by atoms with Gasteiger partial charge in [0.1, 0.15) is 5.41 Å². The van der Waals surface area contributed by atoms with Gasteiger partial charge < -0.3 is 15.1 Å². The van der Waals surface area contributed by atoms with Crippen LogP contribution in [0.2, 0.25) is 0 Å². The molecule has 1 aromatic heterocycles. The lowest BCUT2D eigenvalue weighted by molar-refractivity contribution is -0.144. The highest BCUT2D eigenvalue weighted by Gasteiger charge is 2.58. The molecule has 2 amide bonds. The van der Waals surface area contributed by atoms with E-state index in [1.54, 1.807) is 18.5 Å². The molecule has 7 nitrogen and oxygen atoms in total. The Morgan fingerprint density at radius 1 is 1.00 bits per heavy atom. The molecule has 0 aromatic carbocycles. The second-order valence-electron chi connectivity index (χ2n) is 7.72. The first-order valence-corrected chi connectivity index (χ1v) is 9.81. The molecule has 140 valence electrons. The zero-order valence-electron chi connectivity index (χ0n) is 15.2. The quantitative estimate of drug-likeness (QED) is 0.823. The zero-order chi connectivity index (χ0) is 18.0. The van der Waals surface area contributed by atoms with Gasteiger partial charge in [0.2, 0.25) is 17.8 Å². The van der Waals surface area contributed by atoms with Crippen molar-refractivity contribution in [2.45, 2.75) is 51.0 Å². The lowest BCUT2D eigenvalue weighted by atomic mass is 9.94. The summed E-state index contributed by atoms with van der Waals surface area (Å²) in [5.74, 6) is 0.679. The van der Waals surface area contributed by atoms with E-state index in [4.69, 9.17) is 0 Å². The van der Waals surface area contributed by atoms with Crippen LogP contribution >= 0.6 is 0 Å². The summed E-state index contributed by atoms with van der Waals surface area (Å²) >= 11 is 0. The van der Waals surface area contributed by atoms with Gasteiger partial charge >= 0.3 is 0 Å². The number of nitrogens with zero attached hydrogens (tertiary/aromatic N) is 4. The van der Waals surface area contributed by atoms with Gasteiger partial charge in [0.05, 0.1) is 0 Å². The van der Waals surface area contributed by atoms with E-state index < -0.39 is 5.41 Å². The molecule has 3 fully saturated rings. The monoisotopic (exact) mass is 357 g/mol. The Balaban J connectivity index is 1.33. The fourth-order valence-corrected chi connectivity index (χ4v) is 4.10. The van der Waals surface area contributed by atoms with Crippen molar-refractivity contribution in [1.29, 1.82) is 0 Å². The van der Waals surface area contributed by atoms with Crippen LogP contribution in [0.1, 0.15) is 44.9 Å². The molecule has 2 saturated carbocycles. The van der Waals surface area contributed by atoms with Crippen LogP contribution in [0, 0.1) is 5.41 Å². The van der Waals surface area contributed by atoms with Gasteiger partial charge in [-0.3, -0.25) is 9.59 Å². The standard InChI is InChI=1S/C19H27N5O2/c25-16(22-15-5-2-1-3-6-15)19(7-8-19)17(26)23-11-13-24(14-12-23)18-20-9-4-10-21-18/h4,9-10,15H,1-3,5-8,11-14H2,(H,22,25). The molecule has 1 N–H and O–H groups in total. The van der Waals surface area contributed by atoms with Gasteiger partial charge in [0, 0.05) is 44.6 Å². The molecule has 1 aromatic rings. The Bertz CT molecular complexity index is 647.